The van der Waals surface area contributed by atoms with E-state index < -0.39 is 23.0 Å². The summed E-state index contributed by atoms with van der Waals surface area (Å²) in [6, 6.07) is 5.75. The van der Waals surface area contributed by atoms with Gasteiger partial charge in [0.2, 0.25) is 0 Å². The molecule has 0 spiro atoms. The van der Waals surface area contributed by atoms with Crippen molar-refractivity contribution in [1.29, 1.82) is 0 Å². The second-order valence-corrected chi connectivity index (χ2v) is 5.03. The maximum absolute atomic E-state index is 13.7. The number of hydrogen-bond donors (Lipinski definition) is 1. The van der Waals surface area contributed by atoms with Crippen LogP contribution in [0, 0.1) is 5.82 Å². The molecule has 1 unspecified atom stereocenters. The molecule has 1 rings (SSSR count). The predicted molar refractivity (Wildman–Crippen MR) is 62.2 cm³/mol. The molecule has 0 fully saturated rings. The Labute approximate surface area is 100 Å². The lowest BCUT2D eigenvalue weighted by Crippen LogP contribution is -2.42. The van der Waals surface area contributed by atoms with Gasteiger partial charge in [0.05, 0.1) is 5.60 Å². The Bertz CT molecular complexity index is 423. The SMILES string of the molecule is CC(C)(C)OC(C)(C(=O)O)c1ccccc1F. The van der Waals surface area contributed by atoms with Crippen molar-refractivity contribution >= 4 is 5.97 Å². The zero-order chi connectivity index (χ0) is 13.3. The third-order valence-corrected chi connectivity index (χ3v) is 2.31. The van der Waals surface area contributed by atoms with Crippen molar-refractivity contribution < 1.29 is 19.0 Å². The maximum Gasteiger partial charge on any atom is 0.340 e. The van der Waals surface area contributed by atoms with Gasteiger partial charge in [0.25, 0.3) is 0 Å². The zero-order valence-electron chi connectivity index (χ0n) is 10.5. The fourth-order valence-electron chi connectivity index (χ4n) is 1.67. The smallest absolute Gasteiger partial charge is 0.340 e. The number of benzene rings is 1. The summed E-state index contributed by atoms with van der Waals surface area (Å²) in [5, 5.41) is 9.28. The van der Waals surface area contributed by atoms with E-state index in [9.17, 15) is 14.3 Å². The summed E-state index contributed by atoms with van der Waals surface area (Å²) < 4.78 is 19.2. The number of carbonyl (C=O) groups is 1. The van der Waals surface area contributed by atoms with Crippen LogP contribution in [0.5, 0.6) is 0 Å². The molecule has 0 saturated carbocycles. The summed E-state index contributed by atoms with van der Waals surface area (Å²) in [5.41, 5.74) is -2.35. The number of rotatable bonds is 3. The standard InChI is InChI=1S/C13H17FO3/c1-12(2,3)17-13(4,11(15)16)9-7-5-6-8-10(9)14/h5-8H,1-4H3,(H,15,16). The van der Waals surface area contributed by atoms with E-state index in [-0.39, 0.29) is 5.56 Å². The van der Waals surface area contributed by atoms with Crippen LogP contribution in [0.4, 0.5) is 4.39 Å². The molecule has 0 amide bonds. The second kappa shape index (κ2) is 4.45. The van der Waals surface area contributed by atoms with E-state index >= 15 is 0 Å². The van der Waals surface area contributed by atoms with Crippen molar-refractivity contribution in [3.8, 4) is 0 Å². The van der Waals surface area contributed by atoms with Crippen LogP contribution in [0.15, 0.2) is 24.3 Å². The van der Waals surface area contributed by atoms with Crippen LogP contribution in [0.25, 0.3) is 0 Å². The highest BCUT2D eigenvalue weighted by Gasteiger charge is 2.41. The Kier molecular flexibility index (Phi) is 3.57. The fraction of sp³-hybridized carbons (Fsp3) is 0.462. The lowest BCUT2D eigenvalue weighted by Gasteiger charge is -2.33. The van der Waals surface area contributed by atoms with Crippen LogP contribution >= 0.6 is 0 Å². The molecule has 94 valence electrons. The van der Waals surface area contributed by atoms with Crippen LogP contribution in [0.3, 0.4) is 0 Å². The Morgan fingerprint density at radius 3 is 2.18 bits per heavy atom. The number of ether oxygens (including phenoxy) is 1. The van der Waals surface area contributed by atoms with Crippen molar-refractivity contribution in [1.82, 2.24) is 0 Å². The number of carboxylic acid groups (broad SMARTS) is 1. The van der Waals surface area contributed by atoms with E-state index in [4.69, 9.17) is 4.74 Å². The molecular formula is C13H17FO3. The van der Waals surface area contributed by atoms with Gasteiger partial charge in [-0.2, -0.15) is 0 Å². The fourth-order valence-corrected chi connectivity index (χ4v) is 1.67. The Hall–Kier alpha value is -1.42. The first-order valence-electron chi connectivity index (χ1n) is 5.35. The van der Waals surface area contributed by atoms with Gasteiger partial charge in [-0.15, -0.1) is 0 Å². The molecule has 1 N–H and O–H groups in total. The highest BCUT2D eigenvalue weighted by atomic mass is 19.1. The molecule has 0 aliphatic rings. The summed E-state index contributed by atoms with van der Waals surface area (Å²) >= 11 is 0. The first kappa shape index (κ1) is 13.6. The van der Waals surface area contributed by atoms with E-state index in [0.29, 0.717) is 0 Å². The third kappa shape index (κ3) is 3.03. The van der Waals surface area contributed by atoms with Gasteiger partial charge in [-0.25, -0.2) is 9.18 Å². The largest absolute Gasteiger partial charge is 0.479 e. The maximum atomic E-state index is 13.7. The van der Waals surface area contributed by atoms with Gasteiger partial charge in [-0.05, 0) is 33.8 Å². The molecule has 3 nitrogen and oxygen atoms in total. The molecular weight excluding hydrogens is 223 g/mol. The molecule has 17 heavy (non-hydrogen) atoms. The molecule has 0 saturated heterocycles. The number of halogens is 1. The minimum absolute atomic E-state index is 0.0300. The van der Waals surface area contributed by atoms with Crippen LogP contribution in [0.1, 0.15) is 33.3 Å². The van der Waals surface area contributed by atoms with Crippen molar-refractivity contribution in [3.05, 3.63) is 35.6 Å². The minimum atomic E-state index is -1.69. The van der Waals surface area contributed by atoms with Crippen molar-refractivity contribution in [2.75, 3.05) is 0 Å². The first-order chi connectivity index (χ1) is 7.67. The second-order valence-electron chi connectivity index (χ2n) is 5.03. The molecule has 0 heterocycles. The molecule has 4 heteroatoms. The summed E-state index contributed by atoms with van der Waals surface area (Å²) in [7, 11) is 0. The van der Waals surface area contributed by atoms with Crippen molar-refractivity contribution in [2.24, 2.45) is 0 Å². The quantitative estimate of drug-likeness (QED) is 0.883. The van der Waals surface area contributed by atoms with Gasteiger partial charge >= 0.3 is 5.97 Å². The topological polar surface area (TPSA) is 46.5 Å². The van der Waals surface area contributed by atoms with Gasteiger partial charge in [0, 0.05) is 5.56 Å². The lowest BCUT2D eigenvalue weighted by molar-refractivity contribution is -0.184. The van der Waals surface area contributed by atoms with E-state index in [0.717, 1.165) is 0 Å². The van der Waals surface area contributed by atoms with E-state index in [1.807, 2.05) is 0 Å². The summed E-state index contributed by atoms with van der Waals surface area (Å²) in [6.07, 6.45) is 0. The molecule has 0 bridgehead atoms. The molecule has 0 radical (unpaired) electrons. The summed E-state index contributed by atoms with van der Waals surface area (Å²) in [5.74, 6) is -1.79. The Morgan fingerprint density at radius 2 is 1.76 bits per heavy atom. The highest BCUT2D eigenvalue weighted by Crippen LogP contribution is 2.32. The lowest BCUT2D eigenvalue weighted by atomic mass is 9.94. The molecule has 0 aliphatic heterocycles. The van der Waals surface area contributed by atoms with Crippen LogP contribution < -0.4 is 0 Å². The van der Waals surface area contributed by atoms with E-state index in [2.05, 4.69) is 0 Å². The first-order valence-corrected chi connectivity index (χ1v) is 5.35. The van der Waals surface area contributed by atoms with Gasteiger partial charge in [0.15, 0.2) is 5.60 Å². The average molecular weight is 240 g/mol. The summed E-state index contributed by atoms with van der Waals surface area (Å²) in [4.78, 5) is 11.4. The van der Waals surface area contributed by atoms with Crippen LogP contribution in [-0.2, 0) is 15.1 Å². The van der Waals surface area contributed by atoms with Gasteiger partial charge in [0.1, 0.15) is 5.82 Å². The van der Waals surface area contributed by atoms with Crippen LogP contribution in [-0.4, -0.2) is 16.7 Å². The zero-order valence-corrected chi connectivity index (χ0v) is 10.5. The summed E-state index contributed by atoms with van der Waals surface area (Å²) in [6.45, 7) is 6.55. The molecule has 1 atom stereocenters. The number of hydrogen-bond acceptors (Lipinski definition) is 2. The molecule has 1 aromatic rings. The molecule has 0 aromatic heterocycles. The van der Waals surface area contributed by atoms with Gasteiger partial charge < -0.3 is 9.84 Å². The number of carboxylic acids is 1. The van der Waals surface area contributed by atoms with Crippen molar-refractivity contribution in [2.45, 2.75) is 38.9 Å². The number of aliphatic carboxylic acids is 1. The van der Waals surface area contributed by atoms with Gasteiger partial charge in [-0.3, -0.25) is 0 Å². The van der Waals surface area contributed by atoms with Crippen LogP contribution in [0.2, 0.25) is 0 Å². The average Bonchev–Trinajstić information content (AvgIpc) is 2.15. The predicted octanol–water partition coefficient (Wildman–Crippen LogP) is 2.94. The Morgan fingerprint density at radius 1 is 1.24 bits per heavy atom. The monoisotopic (exact) mass is 240 g/mol. The molecule has 0 aliphatic carbocycles. The van der Waals surface area contributed by atoms with E-state index in [1.54, 1.807) is 26.8 Å². The van der Waals surface area contributed by atoms with Gasteiger partial charge in [-0.1, -0.05) is 18.2 Å². The Balaban J connectivity index is 3.27. The molecule has 1 aromatic carbocycles. The third-order valence-electron chi connectivity index (χ3n) is 2.31. The van der Waals surface area contributed by atoms with E-state index in [1.165, 1.54) is 25.1 Å². The van der Waals surface area contributed by atoms with Crippen molar-refractivity contribution in [3.63, 3.8) is 0 Å². The normalized spacial score (nSPS) is 15.4. The minimum Gasteiger partial charge on any atom is -0.479 e. The highest BCUT2D eigenvalue weighted by molar-refractivity contribution is 5.79.